The van der Waals surface area contributed by atoms with E-state index in [1.807, 2.05) is 24.0 Å². The van der Waals surface area contributed by atoms with Crippen molar-refractivity contribution in [1.82, 2.24) is 4.98 Å². The molecule has 1 rings (SSSR count). The van der Waals surface area contributed by atoms with E-state index in [-0.39, 0.29) is 6.04 Å². The molecule has 0 bridgehead atoms. The number of allylic oxidation sites excluding steroid dienone is 5. The summed E-state index contributed by atoms with van der Waals surface area (Å²) in [7, 11) is 0. The van der Waals surface area contributed by atoms with Gasteiger partial charge in [0.25, 0.3) is 0 Å². The van der Waals surface area contributed by atoms with Crippen LogP contribution in [-0.4, -0.2) is 27.5 Å². The van der Waals surface area contributed by atoms with Gasteiger partial charge in [-0.1, -0.05) is 47.2 Å². The summed E-state index contributed by atoms with van der Waals surface area (Å²) in [6.07, 6.45) is 13.5. The molecule has 3 nitrogen and oxygen atoms in total. The molecule has 0 aliphatic rings. The van der Waals surface area contributed by atoms with Gasteiger partial charge in [0.15, 0.2) is 0 Å². The largest absolute Gasteiger partial charge is 0.392 e. The number of H-pyrrole nitrogens is 1. The molecule has 0 amide bonds. The van der Waals surface area contributed by atoms with E-state index in [1.165, 1.54) is 22.3 Å². The van der Waals surface area contributed by atoms with Crippen molar-refractivity contribution in [1.29, 1.82) is 0 Å². The molecule has 5 heteroatoms. The molecule has 0 aliphatic heterocycles. The maximum absolute atomic E-state index is 5.91. The molecular weight excluding hydrogens is 382 g/mol. The Kier molecular flexibility index (Phi) is 12.0. The van der Waals surface area contributed by atoms with Crippen molar-refractivity contribution < 1.29 is 0 Å². The molecule has 0 aliphatic carbocycles. The number of hydrogen-bond acceptors (Lipinski definition) is 3. The number of thioether (sulfide) groups is 1. The highest BCUT2D eigenvalue weighted by atomic mass is 32.2. The minimum atomic E-state index is -0.00236. The number of aromatic amines is 1. The van der Waals surface area contributed by atoms with Crippen LogP contribution in [0.25, 0.3) is 0 Å². The molecule has 0 fully saturated rings. The van der Waals surface area contributed by atoms with Gasteiger partial charge in [-0.3, -0.25) is 0 Å². The lowest BCUT2D eigenvalue weighted by Gasteiger charge is -2.17. The topological polar surface area (TPSA) is 53.8 Å². The third kappa shape index (κ3) is 10.8. The summed E-state index contributed by atoms with van der Waals surface area (Å²) >= 11 is 7.08. The molecule has 0 spiro atoms. The van der Waals surface area contributed by atoms with Gasteiger partial charge in [0, 0.05) is 17.7 Å². The van der Waals surface area contributed by atoms with Crippen LogP contribution in [0.3, 0.4) is 0 Å². The lowest BCUT2D eigenvalue weighted by molar-refractivity contribution is 0.917. The summed E-state index contributed by atoms with van der Waals surface area (Å²) < 4.78 is 0. The third-order valence-electron chi connectivity index (χ3n) is 4.57. The standard InChI is InChI=1S/C23H37N3S2/c1-17(2)8-6-9-18(3)10-7-11-19(4)13-15-28-16-21(22(24)27)26-23-20(5)12-14-25-23/h8,10,12-14,21,25-26H,6-7,9,11,15-16H2,1-5H3,(H2,24,27). The maximum atomic E-state index is 5.91. The van der Waals surface area contributed by atoms with Gasteiger partial charge >= 0.3 is 0 Å². The van der Waals surface area contributed by atoms with Gasteiger partial charge in [-0.2, -0.15) is 11.8 Å². The number of hydrogen-bond donors (Lipinski definition) is 3. The maximum Gasteiger partial charge on any atom is 0.106 e. The van der Waals surface area contributed by atoms with Gasteiger partial charge in [-0.25, -0.2) is 0 Å². The summed E-state index contributed by atoms with van der Waals surface area (Å²) in [4.78, 5) is 3.70. The van der Waals surface area contributed by atoms with Crippen LogP contribution in [-0.2, 0) is 0 Å². The van der Waals surface area contributed by atoms with E-state index in [2.05, 4.69) is 63.1 Å². The lowest BCUT2D eigenvalue weighted by atomic mass is 10.1. The number of aryl methyl sites for hydroxylation is 1. The Morgan fingerprint density at radius 3 is 2.36 bits per heavy atom. The quantitative estimate of drug-likeness (QED) is 0.193. The van der Waals surface area contributed by atoms with Crippen molar-refractivity contribution in [2.24, 2.45) is 5.73 Å². The van der Waals surface area contributed by atoms with E-state index in [0.717, 1.165) is 43.0 Å². The minimum Gasteiger partial charge on any atom is -0.392 e. The van der Waals surface area contributed by atoms with Gasteiger partial charge < -0.3 is 16.0 Å². The fourth-order valence-corrected chi connectivity index (χ4v) is 3.98. The Hall–Kier alpha value is -1.46. The number of nitrogens with two attached hydrogens (primary N) is 1. The first-order chi connectivity index (χ1) is 13.3. The zero-order valence-corrected chi connectivity index (χ0v) is 19.7. The first-order valence-electron chi connectivity index (χ1n) is 10.0. The van der Waals surface area contributed by atoms with Gasteiger partial charge in [0.2, 0.25) is 0 Å². The molecular formula is C23H37N3S2. The minimum absolute atomic E-state index is 0.00236. The molecule has 1 aromatic rings. The number of aromatic nitrogens is 1. The average molecular weight is 420 g/mol. The summed E-state index contributed by atoms with van der Waals surface area (Å²) in [6, 6.07) is 2.04. The Balaban J connectivity index is 2.31. The Labute approximate surface area is 181 Å². The van der Waals surface area contributed by atoms with Crippen molar-refractivity contribution in [3.8, 4) is 0 Å². The van der Waals surface area contributed by atoms with Crippen molar-refractivity contribution in [2.75, 3.05) is 16.8 Å². The monoisotopic (exact) mass is 419 g/mol. The van der Waals surface area contributed by atoms with Crippen molar-refractivity contribution in [3.05, 3.63) is 52.8 Å². The fourth-order valence-electron chi connectivity index (χ4n) is 2.70. The molecule has 0 radical (unpaired) electrons. The van der Waals surface area contributed by atoms with Crippen LogP contribution in [0.1, 0.15) is 58.9 Å². The molecule has 0 aromatic carbocycles. The van der Waals surface area contributed by atoms with E-state index in [1.54, 1.807) is 0 Å². The summed E-state index contributed by atoms with van der Waals surface area (Å²) in [6.45, 7) is 10.8. The van der Waals surface area contributed by atoms with Crippen molar-refractivity contribution in [3.63, 3.8) is 0 Å². The van der Waals surface area contributed by atoms with Crippen molar-refractivity contribution in [2.45, 2.75) is 66.3 Å². The first kappa shape index (κ1) is 24.6. The highest BCUT2D eigenvalue weighted by Crippen LogP contribution is 2.16. The normalized spacial score (nSPS) is 13.3. The first-order valence-corrected chi connectivity index (χ1v) is 11.6. The molecule has 156 valence electrons. The van der Waals surface area contributed by atoms with E-state index < -0.39 is 0 Å². The van der Waals surface area contributed by atoms with Crippen LogP contribution >= 0.6 is 24.0 Å². The second kappa shape index (κ2) is 13.7. The van der Waals surface area contributed by atoms with Crippen LogP contribution in [0.5, 0.6) is 0 Å². The Morgan fingerprint density at radius 1 is 1.14 bits per heavy atom. The number of rotatable bonds is 13. The molecule has 1 atom stereocenters. The Morgan fingerprint density at radius 2 is 1.79 bits per heavy atom. The molecule has 1 heterocycles. The highest BCUT2D eigenvalue weighted by molar-refractivity contribution is 7.99. The van der Waals surface area contributed by atoms with Crippen LogP contribution in [0, 0.1) is 6.92 Å². The van der Waals surface area contributed by atoms with Gasteiger partial charge in [-0.05, 0) is 71.9 Å². The van der Waals surface area contributed by atoms with E-state index >= 15 is 0 Å². The van der Waals surface area contributed by atoms with Crippen LogP contribution in [0.4, 0.5) is 5.82 Å². The number of anilines is 1. The second-order valence-corrected chi connectivity index (χ2v) is 9.18. The SMILES string of the molecule is CC(C)=CCCC(C)=CCCC(C)=CCSCC(Nc1[nH]ccc1C)C(N)=S. The zero-order chi connectivity index (χ0) is 20.9. The predicted octanol–water partition coefficient (Wildman–Crippen LogP) is 6.54. The summed E-state index contributed by atoms with van der Waals surface area (Å²) in [5.74, 6) is 2.84. The van der Waals surface area contributed by atoms with E-state index in [4.69, 9.17) is 18.0 Å². The highest BCUT2D eigenvalue weighted by Gasteiger charge is 2.13. The molecule has 1 unspecified atom stereocenters. The molecule has 0 saturated heterocycles. The Bertz CT molecular complexity index is 694. The van der Waals surface area contributed by atoms with E-state index in [9.17, 15) is 0 Å². The summed E-state index contributed by atoms with van der Waals surface area (Å²) in [5, 5.41) is 3.41. The number of thiocarbonyl (C=S) groups is 1. The predicted molar refractivity (Wildman–Crippen MR) is 132 cm³/mol. The lowest BCUT2D eigenvalue weighted by Crippen LogP contribution is -2.36. The molecule has 28 heavy (non-hydrogen) atoms. The van der Waals surface area contributed by atoms with Gasteiger partial charge in [0.1, 0.15) is 5.82 Å². The van der Waals surface area contributed by atoms with Crippen molar-refractivity contribution >= 4 is 34.8 Å². The molecule has 1 aromatic heterocycles. The van der Waals surface area contributed by atoms with Gasteiger partial charge in [-0.15, -0.1) is 0 Å². The van der Waals surface area contributed by atoms with Crippen LogP contribution < -0.4 is 11.1 Å². The van der Waals surface area contributed by atoms with Crippen LogP contribution in [0.2, 0.25) is 0 Å². The summed E-state index contributed by atoms with van der Waals surface area (Å²) in [5.41, 5.74) is 11.4. The molecule has 4 N–H and O–H groups in total. The number of nitrogens with one attached hydrogen (secondary N) is 2. The smallest absolute Gasteiger partial charge is 0.106 e. The van der Waals surface area contributed by atoms with Crippen LogP contribution in [0.15, 0.2) is 47.2 Å². The fraction of sp³-hybridized carbons (Fsp3) is 0.522. The molecule has 0 saturated carbocycles. The zero-order valence-electron chi connectivity index (χ0n) is 18.1. The average Bonchev–Trinajstić information content (AvgIpc) is 3.01. The second-order valence-electron chi connectivity index (χ2n) is 7.63. The van der Waals surface area contributed by atoms with Gasteiger partial charge in [0.05, 0.1) is 11.0 Å². The van der Waals surface area contributed by atoms with E-state index in [0.29, 0.717) is 4.99 Å². The third-order valence-corrected chi connectivity index (χ3v) is 5.83.